The topological polar surface area (TPSA) is 94.7 Å². The molecule has 2 heterocycles. The van der Waals surface area contributed by atoms with Crippen LogP contribution in [-0.4, -0.2) is 40.4 Å². The highest BCUT2D eigenvalue weighted by Crippen LogP contribution is 2.22. The molecule has 3 rings (SSSR count). The van der Waals surface area contributed by atoms with E-state index in [0.717, 1.165) is 29.9 Å². The highest BCUT2D eigenvalue weighted by Gasteiger charge is 2.33. The SMILES string of the molecule is COC(C)(Cc1ccc(OCCCc2nc(-c3ccccc3)oc2C)cn1)C(=O)O. The Morgan fingerprint density at radius 3 is 2.60 bits per heavy atom. The number of hydrogen-bond donors (Lipinski definition) is 1. The van der Waals surface area contributed by atoms with E-state index in [1.165, 1.54) is 14.0 Å². The summed E-state index contributed by atoms with van der Waals surface area (Å²) in [5.74, 6) is 1.06. The summed E-state index contributed by atoms with van der Waals surface area (Å²) < 4.78 is 16.6. The van der Waals surface area contributed by atoms with E-state index < -0.39 is 11.6 Å². The molecule has 1 unspecified atom stereocenters. The molecule has 2 aromatic heterocycles. The number of carbonyl (C=O) groups is 1. The van der Waals surface area contributed by atoms with Crippen molar-refractivity contribution >= 4 is 5.97 Å². The predicted octanol–water partition coefficient (Wildman–Crippen LogP) is 4.09. The molecular weight excluding hydrogens is 384 g/mol. The molecule has 0 amide bonds. The molecule has 0 radical (unpaired) electrons. The summed E-state index contributed by atoms with van der Waals surface area (Å²) in [7, 11) is 1.38. The van der Waals surface area contributed by atoms with Gasteiger partial charge in [-0.3, -0.25) is 4.98 Å². The Morgan fingerprint density at radius 1 is 1.20 bits per heavy atom. The second-order valence-corrected chi connectivity index (χ2v) is 7.24. The molecule has 7 heteroatoms. The normalized spacial score (nSPS) is 13.0. The van der Waals surface area contributed by atoms with Crippen LogP contribution in [-0.2, 0) is 22.4 Å². The Kier molecular flexibility index (Phi) is 6.84. The first-order valence-electron chi connectivity index (χ1n) is 9.79. The molecule has 0 fully saturated rings. The first kappa shape index (κ1) is 21.5. The van der Waals surface area contributed by atoms with Crippen molar-refractivity contribution in [3.8, 4) is 17.2 Å². The molecule has 0 aliphatic heterocycles. The zero-order chi connectivity index (χ0) is 21.6. The van der Waals surface area contributed by atoms with Crippen LogP contribution in [0.15, 0.2) is 53.1 Å². The van der Waals surface area contributed by atoms with Crippen LogP contribution in [0.5, 0.6) is 5.75 Å². The van der Waals surface area contributed by atoms with Crippen molar-refractivity contribution in [2.45, 2.75) is 38.7 Å². The second-order valence-electron chi connectivity index (χ2n) is 7.24. The van der Waals surface area contributed by atoms with E-state index >= 15 is 0 Å². The number of hydrogen-bond acceptors (Lipinski definition) is 6. The number of aromatic nitrogens is 2. The predicted molar refractivity (Wildman–Crippen MR) is 111 cm³/mol. The fourth-order valence-electron chi connectivity index (χ4n) is 2.98. The Morgan fingerprint density at radius 2 is 1.97 bits per heavy atom. The molecule has 3 aromatic rings. The number of aliphatic carboxylic acids is 1. The third kappa shape index (κ3) is 5.24. The summed E-state index contributed by atoms with van der Waals surface area (Å²) in [6, 6.07) is 13.4. The van der Waals surface area contributed by atoms with Crippen molar-refractivity contribution in [3.05, 3.63) is 65.8 Å². The zero-order valence-electron chi connectivity index (χ0n) is 17.4. The molecule has 0 spiro atoms. The van der Waals surface area contributed by atoms with Crippen molar-refractivity contribution in [2.24, 2.45) is 0 Å². The quantitative estimate of drug-likeness (QED) is 0.503. The molecule has 0 aliphatic rings. The monoisotopic (exact) mass is 410 g/mol. The van der Waals surface area contributed by atoms with Gasteiger partial charge in [-0.05, 0) is 51.0 Å². The smallest absolute Gasteiger partial charge is 0.336 e. The molecule has 0 bridgehead atoms. The zero-order valence-corrected chi connectivity index (χ0v) is 17.4. The number of methoxy groups -OCH3 is 1. The number of nitrogens with zero attached hydrogens (tertiary/aromatic N) is 2. The fraction of sp³-hybridized carbons (Fsp3) is 0.348. The number of aryl methyl sites for hydroxylation is 2. The van der Waals surface area contributed by atoms with Gasteiger partial charge in [-0.15, -0.1) is 0 Å². The van der Waals surface area contributed by atoms with Gasteiger partial charge in [0, 0.05) is 24.8 Å². The van der Waals surface area contributed by atoms with Gasteiger partial charge < -0.3 is 19.0 Å². The van der Waals surface area contributed by atoms with E-state index in [2.05, 4.69) is 9.97 Å². The van der Waals surface area contributed by atoms with Gasteiger partial charge >= 0.3 is 5.97 Å². The standard InChI is InChI=1S/C23H26N2O5/c1-16-20(25-21(30-16)17-8-5-4-6-9-17)10-7-13-29-19-12-11-18(24-15-19)14-23(2,28-3)22(26)27/h4-6,8-9,11-12,15H,7,10,13-14H2,1-3H3,(H,26,27). The lowest BCUT2D eigenvalue weighted by molar-refractivity contribution is -0.160. The summed E-state index contributed by atoms with van der Waals surface area (Å²) in [4.78, 5) is 20.2. The molecule has 7 nitrogen and oxygen atoms in total. The van der Waals surface area contributed by atoms with Crippen LogP contribution in [0, 0.1) is 6.92 Å². The van der Waals surface area contributed by atoms with Gasteiger partial charge in [0.25, 0.3) is 0 Å². The highest BCUT2D eigenvalue weighted by molar-refractivity contribution is 5.77. The van der Waals surface area contributed by atoms with Crippen LogP contribution < -0.4 is 4.74 Å². The van der Waals surface area contributed by atoms with Crippen LogP contribution in [0.4, 0.5) is 0 Å². The number of carboxylic acids is 1. The van der Waals surface area contributed by atoms with E-state index in [1.54, 1.807) is 18.3 Å². The number of oxazole rings is 1. The van der Waals surface area contributed by atoms with Crippen LogP contribution >= 0.6 is 0 Å². The van der Waals surface area contributed by atoms with Crippen molar-refractivity contribution in [1.29, 1.82) is 0 Å². The van der Waals surface area contributed by atoms with E-state index in [1.807, 2.05) is 37.3 Å². The molecule has 0 aliphatic carbocycles. The van der Waals surface area contributed by atoms with Crippen molar-refractivity contribution in [3.63, 3.8) is 0 Å². The van der Waals surface area contributed by atoms with E-state index in [9.17, 15) is 9.90 Å². The van der Waals surface area contributed by atoms with Crippen LogP contribution in [0.25, 0.3) is 11.5 Å². The Labute approximate surface area is 175 Å². The molecule has 0 saturated heterocycles. The summed E-state index contributed by atoms with van der Waals surface area (Å²) in [6.07, 6.45) is 3.30. The average Bonchev–Trinajstić information content (AvgIpc) is 3.13. The maximum atomic E-state index is 11.3. The van der Waals surface area contributed by atoms with Crippen LogP contribution in [0.3, 0.4) is 0 Å². The summed E-state index contributed by atoms with van der Waals surface area (Å²) in [6.45, 7) is 3.96. The summed E-state index contributed by atoms with van der Waals surface area (Å²) in [5, 5.41) is 9.28. The Bertz CT molecular complexity index is 969. The Hall–Kier alpha value is -3.19. The average molecular weight is 410 g/mol. The van der Waals surface area contributed by atoms with Gasteiger partial charge in [-0.25, -0.2) is 9.78 Å². The second kappa shape index (κ2) is 9.54. The minimum absolute atomic E-state index is 0.175. The number of ether oxygens (including phenoxy) is 2. The third-order valence-corrected chi connectivity index (χ3v) is 4.96. The number of carboxylic acid groups (broad SMARTS) is 1. The number of rotatable bonds is 10. The third-order valence-electron chi connectivity index (χ3n) is 4.96. The first-order chi connectivity index (χ1) is 14.4. The van der Waals surface area contributed by atoms with Crippen molar-refractivity contribution in [1.82, 2.24) is 9.97 Å². The molecule has 0 saturated carbocycles. The number of pyridine rings is 1. The van der Waals surface area contributed by atoms with E-state index in [4.69, 9.17) is 13.9 Å². The lowest BCUT2D eigenvalue weighted by atomic mass is 10.00. The van der Waals surface area contributed by atoms with Crippen LogP contribution in [0.1, 0.15) is 30.5 Å². The fourth-order valence-corrected chi connectivity index (χ4v) is 2.98. The molecule has 1 atom stereocenters. The van der Waals surface area contributed by atoms with Gasteiger partial charge in [0.1, 0.15) is 11.5 Å². The van der Waals surface area contributed by atoms with E-state index in [0.29, 0.717) is 23.9 Å². The van der Waals surface area contributed by atoms with Gasteiger partial charge in [-0.2, -0.15) is 0 Å². The lowest BCUT2D eigenvalue weighted by Gasteiger charge is -2.22. The molecule has 30 heavy (non-hydrogen) atoms. The largest absolute Gasteiger partial charge is 0.492 e. The number of benzene rings is 1. The molecule has 158 valence electrons. The van der Waals surface area contributed by atoms with Gasteiger partial charge in [-0.1, -0.05) is 18.2 Å². The molecule has 1 N–H and O–H groups in total. The first-order valence-corrected chi connectivity index (χ1v) is 9.79. The Balaban J connectivity index is 1.49. The van der Waals surface area contributed by atoms with Gasteiger partial charge in [0.15, 0.2) is 5.60 Å². The lowest BCUT2D eigenvalue weighted by Crippen LogP contribution is -2.39. The van der Waals surface area contributed by atoms with Crippen LogP contribution in [0.2, 0.25) is 0 Å². The minimum atomic E-state index is -1.30. The maximum absolute atomic E-state index is 11.3. The van der Waals surface area contributed by atoms with Gasteiger partial charge in [0.2, 0.25) is 5.89 Å². The minimum Gasteiger partial charge on any atom is -0.492 e. The highest BCUT2D eigenvalue weighted by atomic mass is 16.5. The maximum Gasteiger partial charge on any atom is 0.336 e. The molecular formula is C23H26N2O5. The van der Waals surface area contributed by atoms with Crippen molar-refractivity contribution in [2.75, 3.05) is 13.7 Å². The van der Waals surface area contributed by atoms with E-state index in [-0.39, 0.29) is 6.42 Å². The summed E-state index contributed by atoms with van der Waals surface area (Å²) >= 11 is 0. The van der Waals surface area contributed by atoms with Crippen molar-refractivity contribution < 1.29 is 23.8 Å². The van der Waals surface area contributed by atoms with Gasteiger partial charge in [0.05, 0.1) is 18.5 Å². The molecule has 1 aromatic carbocycles. The summed E-state index contributed by atoms with van der Waals surface area (Å²) in [5.41, 5.74) is 1.21.